The zero-order valence-electron chi connectivity index (χ0n) is 11.7. The van der Waals surface area contributed by atoms with Gasteiger partial charge in [-0.2, -0.15) is 4.98 Å². The van der Waals surface area contributed by atoms with Gasteiger partial charge in [-0.05, 0) is 6.42 Å². The van der Waals surface area contributed by atoms with Gasteiger partial charge in [0.2, 0.25) is 5.95 Å². The van der Waals surface area contributed by atoms with E-state index in [0.717, 1.165) is 7.11 Å². The molecule has 0 saturated heterocycles. The normalized spacial score (nSPS) is 11.9. The first-order valence-corrected chi connectivity index (χ1v) is 7.17. The smallest absolute Gasteiger partial charge is 0.280 e. The summed E-state index contributed by atoms with van der Waals surface area (Å²) in [5, 5.41) is 16.1. The van der Waals surface area contributed by atoms with E-state index in [1.165, 1.54) is 0 Å². The van der Waals surface area contributed by atoms with E-state index < -0.39 is 0 Å². The Labute approximate surface area is 134 Å². The SMILES string of the molecule is CO.COC(CO)CCn1cnc2c(=O)[nH]c(NI)nc21. The van der Waals surface area contributed by atoms with E-state index >= 15 is 0 Å². The first kappa shape index (κ1) is 17.8. The number of H-pyrrole nitrogens is 1. The quantitative estimate of drug-likeness (QED) is 0.386. The van der Waals surface area contributed by atoms with Crippen LogP contribution in [0.4, 0.5) is 5.95 Å². The fourth-order valence-corrected chi connectivity index (χ4v) is 1.98. The summed E-state index contributed by atoms with van der Waals surface area (Å²) in [6.45, 7) is 0.518. The molecule has 0 bridgehead atoms. The van der Waals surface area contributed by atoms with Crippen molar-refractivity contribution in [2.45, 2.75) is 19.1 Å². The van der Waals surface area contributed by atoms with E-state index in [-0.39, 0.29) is 18.3 Å². The van der Waals surface area contributed by atoms with Crippen LogP contribution in [0.3, 0.4) is 0 Å². The molecule has 1 atom stereocenters. The Hall–Kier alpha value is -1.24. The van der Waals surface area contributed by atoms with Crippen LogP contribution in [0.5, 0.6) is 0 Å². The van der Waals surface area contributed by atoms with Gasteiger partial charge in [-0.1, -0.05) is 0 Å². The number of aromatic amines is 1. The van der Waals surface area contributed by atoms with Crippen LogP contribution in [-0.4, -0.2) is 56.7 Å². The van der Waals surface area contributed by atoms with Crippen molar-refractivity contribution in [1.82, 2.24) is 19.5 Å². The summed E-state index contributed by atoms with van der Waals surface area (Å²) in [4.78, 5) is 22.6. The largest absolute Gasteiger partial charge is 0.400 e. The number of rotatable bonds is 6. The number of aliphatic hydroxyl groups excluding tert-OH is 2. The first-order chi connectivity index (χ1) is 10.2. The predicted molar refractivity (Wildman–Crippen MR) is 86.4 cm³/mol. The third-order valence-corrected chi connectivity index (χ3v) is 3.30. The average molecular weight is 411 g/mol. The number of methoxy groups -OCH3 is 1. The van der Waals surface area contributed by atoms with Gasteiger partial charge in [0.25, 0.3) is 5.56 Å². The molecule has 9 nitrogen and oxygen atoms in total. The van der Waals surface area contributed by atoms with Crippen LogP contribution < -0.4 is 9.09 Å². The van der Waals surface area contributed by atoms with Crippen molar-refractivity contribution in [2.24, 2.45) is 0 Å². The zero-order chi connectivity index (χ0) is 15.8. The van der Waals surface area contributed by atoms with E-state index in [2.05, 4.69) is 18.5 Å². The Morgan fingerprint density at radius 2 is 2.29 bits per heavy atom. The van der Waals surface area contributed by atoms with Gasteiger partial charge in [-0.3, -0.25) is 13.3 Å². The molecule has 2 heterocycles. The van der Waals surface area contributed by atoms with E-state index in [9.17, 15) is 4.79 Å². The van der Waals surface area contributed by atoms with Crippen molar-refractivity contribution in [3.63, 3.8) is 0 Å². The van der Waals surface area contributed by atoms with Gasteiger partial charge in [0.1, 0.15) is 0 Å². The van der Waals surface area contributed by atoms with Crippen LogP contribution in [0.15, 0.2) is 11.1 Å². The molecule has 2 aromatic heterocycles. The molecule has 0 aromatic carbocycles. The van der Waals surface area contributed by atoms with Crippen molar-refractivity contribution in [3.05, 3.63) is 16.7 Å². The third kappa shape index (κ3) is 4.36. The van der Waals surface area contributed by atoms with Crippen molar-refractivity contribution in [2.75, 3.05) is 24.4 Å². The molecule has 4 N–H and O–H groups in total. The van der Waals surface area contributed by atoms with Crippen LogP contribution >= 0.6 is 22.9 Å². The summed E-state index contributed by atoms with van der Waals surface area (Å²) in [6.07, 6.45) is 1.94. The van der Waals surface area contributed by atoms with Gasteiger partial charge < -0.3 is 19.5 Å². The molecule has 118 valence electrons. The molecule has 0 fully saturated rings. The van der Waals surface area contributed by atoms with Crippen molar-refractivity contribution in [1.29, 1.82) is 0 Å². The molecule has 0 radical (unpaired) electrons. The second kappa shape index (κ2) is 8.92. The maximum atomic E-state index is 11.7. The molecule has 10 heteroatoms. The Morgan fingerprint density at radius 1 is 1.57 bits per heavy atom. The van der Waals surface area contributed by atoms with Gasteiger partial charge >= 0.3 is 0 Å². The average Bonchev–Trinajstić information content (AvgIpc) is 2.94. The summed E-state index contributed by atoms with van der Waals surface area (Å²) in [5.41, 5.74) is 0.525. The molecule has 0 aliphatic rings. The highest BCUT2D eigenvalue weighted by Crippen LogP contribution is 2.10. The molecular weight excluding hydrogens is 393 g/mol. The van der Waals surface area contributed by atoms with Crippen molar-refractivity contribution >= 4 is 40.0 Å². The molecule has 0 spiro atoms. The maximum Gasteiger partial charge on any atom is 0.280 e. The monoisotopic (exact) mass is 411 g/mol. The number of halogens is 1. The topological polar surface area (TPSA) is 125 Å². The molecule has 0 amide bonds. The van der Waals surface area contributed by atoms with E-state index in [4.69, 9.17) is 14.9 Å². The number of nitrogens with one attached hydrogen (secondary N) is 2. The fraction of sp³-hybridized carbons (Fsp3) is 0.545. The molecular formula is C11H18IN5O4. The summed E-state index contributed by atoms with van der Waals surface area (Å²) in [6, 6.07) is 0. The summed E-state index contributed by atoms with van der Waals surface area (Å²) < 4.78 is 9.62. The van der Waals surface area contributed by atoms with Gasteiger partial charge in [0, 0.05) is 20.8 Å². The molecule has 2 aromatic rings. The number of imidazole rings is 1. The number of aromatic nitrogens is 4. The second-order valence-corrected chi connectivity index (χ2v) is 4.49. The number of anilines is 1. The minimum atomic E-state index is -0.284. The maximum absolute atomic E-state index is 11.7. The summed E-state index contributed by atoms with van der Waals surface area (Å²) in [5.74, 6) is 0.380. The third-order valence-electron chi connectivity index (χ3n) is 2.79. The number of ether oxygens (including phenoxy) is 1. The van der Waals surface area contributed by atoms with Crippen LogP contribution in [0, 0.1) is 0 Å². The highest BCUT2D eigenvalue weighted by molar-refractivity contribution is 14.1. The molecule has 0 aliphatic carbocycles. The van der Waals surface area contributed by atoms with E-state index in [1.807, 2.05) is 22.9 Å². The number of aryl methyl sites for hydroxylation is 1. The number of hydrogen-bond acceptors (Lipinski definition) is 7. The Kier molecular flexibility index (Phi) is 7.56. The Balaban J connectivity index is 0.00000106. The van der Waals surface area contributed by atoms with Crippen molar-refractivity contribution < 1.29 is 14.9 Å². The van der Waals surface area contributed by atoms with Crippen LogP contribution in [0.25, 0.3) is 11.2 Å². The lowest BCUT2D eigenvalue weighted by atomic mass is 10.2. The molecule has 21 heavy (non-hydrogen) atoms. The molecule has 0 aliphatic heterocycles. The Bertz CT molecular complexity index is 610. The number of nitrogens with zero attached hydrogens (tertiary/aromatic N) is 3. The van der Waals surface area contributed by atoms with Crippen LogP contribution in [0.1, 0.15) is 6.42 Å². The Morgan fingerprint density at radius 3 is 2.86 bits per heavy atom. The zero-order valence-corrected chi connectivity index (χ0v) is 13.9. The summed E-state index contributed by atoms with van der Waals surface area (Å²) in [7, 11) is 2.55. The highest BCUT2D eigenvalue weighted by Gasteiger charge is 2.12. The van der Waals surface area contributed by atoms with Gasteiger partial charge in [0.05, 0.1) is 41.9 Å². The lowest BCUT2D eigenvalue weighted by Gasteiger charge is -2.12. The number of fused-ring (bicyclic) bond motifs is 1. The van der Waals surface area contributed by atoms with Gasteiger partial charge in [0.15, 0.2) is 11.2 Å². The molecule has 2 rings (SSSR count). The van der Waals surface area contributed by atoms with Crippen LogP contribution in [0.2, 0.25) is 0 Å². The fourth-order valence-electron chi connectivity index (χ4n) is 1.73. The van der Waals surface area contributed by atoms with Gasteiger partial charge in [-0.15, -0.1) is 0 Å². The van der Waals surface area contributed by atoms with Crippen LogP contribution in [-0.2, 0) is 11.3 Å². The second-order valence-electron chi connectivity index (χ2n) is 3.95. The lowest BCUT2D eigenvalue weighted by Crippen LogP contribution is -2.18. The minimum absolute atomic E-state index is 0.0440. The van der Waals surface area contributed by atoms with Gasteiger partial charge in [-0.25, -0.2) is 4.98 Å². The highest BCUT2D eigenvalue weighted by atomic mass is 127. The number of aliphatic hydroxyl groups is 2. The minimum Gasteiger partial charge on any atom is -0.400 e. The molecule has 1 unspecified atom stereocenters. The first-order valence-electron chi connectivity index (χ1n) is 6.09. The standard InChI is InChI=1S/C10H14IN5O3.CH4O/c1-19-6(4-17)2-3-16-5-12-7-8(16)13-10(15-11)14-9(7)18;1-2/h5-6,17H,2-4H2,1H3,(H2,13,14,15,18);2H,1H3. The predicted octanol–water partition coefficient (Wildman–Crippen LogP) is -0.113. The lowest BCUT2D eigenvalue weighted by molar-refractivity contribution is 0.0405. The number of hydrogen-bond donors (Lipinski definition) is 4. The molecule has 0 saturated carbocycles. The van der Waals surface area contributed by atoms with E-state index in [1.54, 1.807) is 18.0 Å². The van der Waals surface area contributed by atoms with Crippen molar-refractivity contribution in [3.8, 4) is 0 Å². The summed E-state index contributed by atoms with van der Waals surface area (Å²) >= 11 is 1.89. The van der Waals surface area contributed by atoms with E-state index in [0.29, 0.717) is 30.1 Å².